The average molecular weight is 473 g/mol. The lowest BCUT2D eigenvalue weighted by molar-refractivity contribution is -0.135. The smallest absolute Gasteiger partial charge is 0.312 e. The van der Waals surface area contributed by atoms with Gasteiger partial charge in [-0.05, 0) is 35.4 Å². The zero-order chi connectivity index (χ0) is 24.7. The van der Waals surface area contributed by atoms with Crippen LogP contribution in [-0.4, -0.2) is 28.7 Å². The fourth-order valence-corrected chi connectivity index (χ4v) is 4.21. The van der Waals surface area contributed by atoms with Crippen molar-refractivity contribution in [3.63, 3.8) is 0 Å². The topological polar surface area (TPSA) is 149 Å². The largest absolute Gasteiger partial charge is 0.508 e. The van der Waals surface area contributed by atoms with Crippen LogP contribution in [0.5, 0.6) is 23.0 Å². The highest BCUT2D eigenvalue weighted by Gasteiger charge is 2.33. The molecule has 3 aromatic carbocycles. The monoisotopic (exact) mass is 473 g/mol. The van der Waals surface area contributed by atoms with Crippen molar-refractivity contribution in [2.45, 2.75) is 12.3 Å². The van der Waals surface area contributed by atoms with Crippen LogP contribution in [0.2, 0.25) is 0 Å². The maximum absolute atomic E-state index is 13.4. The molecule has 9 nitrogen and oxygen atoms in total. The molecule has 1 atom stereocenters. The lowest BCUT2D eigenvalue weighted by Gasteiger charge is -2.26. The molecule has 2 heterocycles. The minimum absolute atomic E-state index is 0.0161. The number of fused-ring (bicyclic) bond motifs is 3. The quantitative estimate of drug-likeness (QED) is 0.296. The van der Waals surface area contributed by atoms with Crippen LogP contribution >= 0.6 is 0 Å². The molecule has 4 aromatic rings. The molecular formula is C26H19NO8. The number of hydrogen-bond acceptors (Lipinski definition) is 8. The molecule has 0 unspecified atom stereocenters. The lowest BCUT2D eigenvalue weighted by atomic mass is 9.85. The Morgan fingerprint density at radius 3 is 2.46 bits per heavy atom. The Morgan fingerprint density at radius 2 is 1.77 bits per heavy atom. The third-order valence-corrected chi connectivity index (χ3v) is 5.81. The van der Waals surface area contributed by atoms with Gasteiger partial charge in [0.05, 0.1) is 12.0 Å². The van der Waals surface area contributed by atoms with Gasteiger partial charge in [-0.2, -0.15) is 0 Å². The van der Waals surface area contributed by atoms with E-state index in [2.05, 4.69) is 0 Å². The van der Waals surface area contributed by atoms with Crippen molar-refractivity contribution in [3.05, 3.63) is 82.2 Å². The van der Waals surface area contributed by atoms with Gasteiger partial charge in [0.2, 0.25) is 5.43 Å². The number of aromatic hydroxyl groups is 2. The first-order valence-corrected chi connectivity index (χ1v) is 10.6. The van der Waals surface area contributed by atoms with Crippen molar-refractivity contribution < 1.29 is 33.7 Å². The van der Waals surface area contributed by atoms with E-state index in [0.29, 0.717) is 22.4 Å². The Bertz CT molecular complexity index is 1520. The number of benzene rings is 3. The highest BCUT2D eigenvalue weighted by Crippen LogP contribution is 2.45. The first-order chi connectivity index (χ1) is 16.8. The van der Waals surface area contributed by atoms with E-state index in [1.807, 2.05) is 0 Å². The summed E-state index contributed by atoms with van der Waals surface area (Å²) in [4.78, 5) is 36.6. The fourth-order valence-electron chi connectivity index (χ4n) is 4.21. The number of primary amides is 1. The second-order valence-corrected chi connectivity index (χ2v) is 8.09. The standard InChI is InChI=1S/C26H19NO8/c27-21(30)12-33-16-7-3-13(4-8-16)17-9-22(31)35-20-10-19(29)24-25(32)18(11-34-26(24)23(17)20)14-1-5-15(28)6-2-14/h1-8,10-11,17,28-29H,9,12H2,(H2,27,30)/t17-/m1/s1. The van der Waals surface area contributed by atoms with Crippen LogP contribution in [0.25, 0.3) is 22.1 Å². The van der Waals surface area contributed by atoms with Crippen molar-refractivity contribution >= 4 is 22.8 Å². The van der Waals surface area contributed by atoms with Gasteiger partial charge >= 0.3 is 5.97 Å². The molecule has 176 valence electrons. The summed E-state index contributed by atoms with van der Waals surface area (Å²) in [6.45, 7) is -0.267. The normalized spacial score (nSPS) is 14.9. The van der Waals surface area contributed by atoms with Crippen molar-refractivity contribution in [2.75, 3.05) is 6.61 Å². The molecule has 0 radical (unpaired) electrons. The maximum atomic E-state index is 13.4. The SMILES string of the molecule is NC(=O)COc1ccc([C@H]2CC(=O)Oc3cc(O)c4c(=O)c(-c5ccc(O)cc5)coc4c32)cc1. The van der Waals surface area contributed by atoms with Gasteiger partial charge in [0.1, 0.15) is 40.2 Å². The Labute approximate surface area is 197 Å². The fraction of sp³-hybridized carbons (Fsp3) is 0.115. The summed E-state index contributed by atoms with van der Waals surface area (Å²) in [5.74, 6) is -1.44. The van der Waals surface area contributed by atoms with E-state index < -0.39 is 23.2 Å². The van der Waals surface area contributed by atoms with Crippen LogP contribution in [0.1, 0.15) is 23.5 Å². The van der Waals surface area contributed by atoms with Crippen LogP contribution in [-0.2, 0) is 9.59 Å². The minimum Gasteiger partial charge on any atom is -0.508 e. The summed E-state index contributed by atoms with van der Waals surface area (Å²) >= 11 is 0. The van der Waals surface area contributed by atoms with Gasteiger partial charge in [-0.25, -0.2) is 0 Å². The van der Waals surface area contributed by atoms with E-state index in [1.165, 1.54) is 24.5 Å². The van der Waals surface area contributed by atoms with E-state index in [4.69, 9.17) is 19.6 Å². The number of phenolic OH excluding ortho intramolecular Hbond substituents is 2. The van der Waals surface area contributed by atoms with E-state index in [0.717, 1.165) is 0 Å². The van der Waals surface area contributed by atoms with Crippen molar-refractivity contribution in [1.82, 2.24) is 0 Å². The van der Waals surface area contributed by atoms with Crippen LogP contribution in [0.4, 0.5) is 0 Å². The third-order valence-electron chi connectivity index (χ3n) is 5.81. The van der Waals surface area contributed by atoms with Crippen LogP contribution in [0.15, 0.2) is 70.1 Å². The van der Waals surface area contributed by atoms with Crippen LogP contribution in [0.3, 0.4) is 0 Å². The summed E-state index contributed by atoms with van der Waals surface area (Å²) in [6, 6.07) is 14.0. The summed E-state index contributed by atoms with van der Waals surface area (Å²) in [5, 5.41) is 20.2. The molecule has 0 aliphatic carbocycles. The van der Waals surface area contributed by atoms with E-state index in [9.17, 15) is 24.6 Å². The van der Waals surface area contributed by atoms with E-state index >= 15 is 0 Å². The Kier molecular flexibility index (Phi) is 5.37. The molecule has 0 spiro atoms. The van der Waals surface area contributed by atoms with Crippen molar-refractivity contribution in [2.24, 2.45) is 5.73 Å². The molecular weight excluding hydrogens is 454 g/mol. The Morgan fingerprint density at radius 1 is 1.06 bits per heavy atom. The molecule has 1 aliphatic rings. The van der Waals surface area contributed by atoms with Gasteiger partial charge < -0.3 is 29.8 Å². The summed E-state index contributed by atoms with van der Waals surface area (Å²) in [6.07, 6.45) is 1.27. The Balaban J connectivity index is 1.64. The summed E-state index contributed by atoms with van der Waals surface area (Å²) < 4.78 is 16.5. The number of carbonyl (C=O) groups excluding carboxylic acids is 2. The number of ether oxygens (including phenoxy) is 2. The number of hydrogen-bond donors (Lipinski definition) is 3. The number of carbonyl (C=O) groups is 2. The highest BCUT2D eigenvalue weighted by molar-refractivity contribution is 5.94. The second kappa shape index (κ2) is 8.53. The second-order valence-electron chi connectivity index (χ2n) is 8.09. The molecule has 0 saturated carbocycles. The molecule has 1 amide bonds. The molecule has 4 N–H and O–H groups in total. The first kappa shape index (κ1) is 22.0. The van der Waals surface area contributed by atoms with Crippen molar-refractivity contribution in [1.29, 1.82) is 0 Å². The molecule has 1 aliphatic heterocycles. The lowest BCUT2D eigenvalue weighted by Crippen LogP contribution is -2.22. The van der Waals surface area contributed by atoms with Gasteiger partial charge in [-0.1, -0.05) is 24.3 Å². The predicted octanol–water partition coefficient (Wildman–Crippen LogP) is 3.18. The number of esters is 1. The molecule has 0 saturated heterocycles. The predicted molar refractivity (Wildman–Crippen MR) is 124 cm³/mol. The van der Waals surface area contributed by atoms with E-state index in [-0.39, 0.29) is 46.8 Å². The van der Waals surface area contributed by atoms with Crippen molar-refractivity contribution in [3.8, 4) is 34.1 Å². The van der Waals surface area contributed by atoms with Crippen LogP contribution in [0, 0.1) is 0 Å². The third kappa shape index (κ3) is 4.04. The van der Waals surface area contributed by atoms with Crippen LogP contribution < -0.4 is 20.6 Å². The summed E-state index contributed by atoms with van der Waals surface area (Å²) in [5.41, 5.74) is 6.62. The molecule has 9 heteroatoms. The number of nitrogens with two attached hydrogens (primary N) is 1. The maximum Gasteiger partial charge on any atom is 0.312 e. The number of rotatable bonds is 5. The van der Waals surface area contributed by atoms with E-state index in [1.54, 1.807) is 36.4 Å². The van der Waals surface area contributed by atoms with Gasteiger partial charge in [-0.15, -0.1) is 0 Å². The molecule has 0 fully saturated rings. The Hall–Kier alpha value is -4.79. The minimum atomic E-state index is -0.606. The molecule has 1 aromatic heterocycles. The van der Waals surface area contributed by atoms with Gasteiger partial charge in [-0.3, -0.25) is 14.4 Å². The zero-order valence-electron chi connectivity index (χ0n) is 18.2. The molecule has 5 rings (SSSR count). The molecule has 35 heavy (non-hydrogen) atoms. The zero-order valence-corrected chi connectivity index (χ0v) is 18.2. The average Bonchev–Trinajstić information content (AvgIpc) is 2.83. The van der Waals surface area contributed by atoms with Gasteiger partial charge in [0.15, 0.2) is 6.61 Å². The highest BCUT2D eigenvalue weighted by atomic mass is 16.5. The van der Waals surface area contributed by atoms with Gasteiger partial charge in [0.25, 0.3) is 5.91 Å². The summed E-state index contributed by atoms with van der Waals surface area (Å²) in [7, 11) is 0. The van der Waals surface area contributed by atoms with Gasteiger partial charge in [0, 0.05) is 17.5 Å². The molecule has 0 bridgehead atoms. The number of phenols is 2. The first-order valence-electron chi connectivity index (χ1n) is 10.6. The number of amides is 1.